The lowest BCUT2D eigenvalue weighted by Gasteiger charge is -2.28. The second kappa shape index (κ2) is 72.4. The Balaban J connectivity index is 0.000000173. The van der Waals surface area contributed by atoms with Crippen molar-refractivity contribution in [3.05, 3.63) is 307 Å². The van der Waals surface area contributed by atoms with Crippen LogP contribution in [-0.4, -0.2) is 13.2 Å². The van der Waals surface area contributed by atoms with Gasteiger partial charge in [-0.15, -0.1) is 0 Å². The van der Waals surface area contributed by atoms with E-state index in [0.29, 0.717) is 0 Å². The molecule has 9 aromatic rings. The number of hydrogen-bond donors (Lipinski definition) is 0. The summed E-state index contributed by atoms with van der Waals surface area (Å²) in [4.78, 5) is 0. The minimum absolute atomic E-state index is 0.785. The van der Waals surface area contributed by atoms with E-state index in [2.05, 4.69) is 343 Å². The highest BCUT2D eigenvalue weighted by Gasteiger charge is 2.31. The van der Waals surface area contributed by atoms with Crippen LogP contribution in [-0.2, 0) is 0 Å². The lowest BCUT2D eigenvalue weighted by atomic mass is 9.77. The number of benzene rings is 9. The number of aryl methyl sites for hydroxylation is 7. The maximum atomic E-state index is 5.66. The largest absolute Gasteiger partial charge is 0.494 e. The van der Waals surface area contributed by atoms with Gasteiger partial charge in [0.15, 0.2) is 0 Å². The van der Waals surface area contributed by atoms with Crippen molar-refractivity contribution in [1.29, 1.82) is 0 Å². The van der Waals surface area contributed by atoms with Crippen LogP contribution in [0.25, 0.3) is 0 Å². The van der Waals surface area contributed by atoms with Crippen LogP contribution < -0.4 is 9.47 Å². The average Bonchev–Trinajstić information content (AvgIpc) is 0.867. The van der Waals surface area contributed by atoms with Crippen molar-refractivity contribution in [2.45, 2.75) is 537 Å². The quantitative estimate of drug-likeness (QED) is 0.0408. The van der Waals surface area contributed by atoms with Crippen molar-refractivity contribution in [3.63, 3.8) is 0 Å². The summed E-state index contributed by atoms with van der Waals surface area (Å²) in [5, 5.41) is 0. The van der Waals surface area contributed by atoms with E-state index in [0.717, 1.165) is 144 Å². The Morgan fingerprint density at radius 3 is 0.407 bits per heavy atom. The third-order valence-corrected chi connectivity index (χ3v) is 37.8. The molecular weight excluding hydrogens is 1810 g/mol. The molecule has 0 N–H and O–H groups in total. The molecule has 2 heteroatoms. The lowest BCUT2D eigenvalue weighted by molar-refractivity contribution is 0.303. The van der Waals surface area contributed by atoms with Crippen LogP contribution in [0.1, 0.15) is 578 Å². The smallest absolute Gasteiger partial charge is 0.119 e. The summed E-state index contributed by atoms with van der Waals surface area (Å²) in [6.45, 7) is 41.9. The van der Waals surface area contributed by atoms with E-state index in [1.54, 1.807) is 38.9 Å². The van der Waals surface area contributed by atoms with Gasteiger partial charge in [0.05, 0.1) is 13.2 Å². The molecule has 0 bridgehead atoms. The van der Waals surface area contributed by atoms with Crippen LogP contribution in [0.5, 0.6) is 11.5 Å². The Bertz CT molecular complexity index is 4480. The zero-order valence-corrected chi connectivity index (χ0v) is 100. The zero-order valence-electron chi connectivity index (χ0n) is 100. The summed E-state index contributed by atoms with van der Waals surface area (Å²) in [5.74, 6) is 18.6. The lowest BCUT2D eigenvalue weighted by Crippen LogP contribution is -2.13. The Morgan fingerprint density at radius 2 is 0.280 bits per heavy atom. The van der Waals surface area contributed by atoms with E-state index in [-0.39, 0.29) is 0 Å². The number of ether oxygens (including phenoxy) is 2. The standard InChI is InChI=1S/C19H30O.C18H28O.2C17H26.2C16H24.3C15H22/c1-3-5-6-16-7-9-17(10-8-16)18-11-13-19(14-12-18)20-15-4-2;1-3-5-15-6-8-16(9-7-15)17-10-12-18(13-11-17)19-14-4-2;2*1-3-4-5-15-8-12-17(13-9-15)16-10-6-14(2)7-11-16;2*1-3-4-14-7-11-16(12-8-14)15-9-5-13(2)6-10-15;3*1-3-13-6-10-15(11-7-13)14-8-4-12(2)5-9-14/h11-14,16-17H,3-10,15H2,1-2H3;10-13,15-16H,3-9,14H2,1-2H3;2*6-7,10-11,15,17H,3-5,8-9,12-13H2,1-2H3;2*5-6,9-10,14,16H,3-4,7-8,11-12H2,1-2H3;3*4-5,8-9,13,15H,3,6-7,10-11H2,1-2H3. The van der Waals surface area contributed by atoms with Crippen molar-refractivity contribution < 1.29 is 9.47 Å². The van der Waals surface area contributed by atoms with Gasteiger partial charge in [-0.05, 0) is 473 Å². The molecule has 0 spiro atoms. The van der Waals surface area contributed by atoms with Crippen molar-refractivity contribution >= 4 is 0 Å². The fraction of sp³-hybridized carbons (Fsp3) is 0.635. The molecule has 150 heavy (non-hydrogen) atoms. The summed E-state index contributed by atoms with van der Waals surface area (Å²) in [6, 6.07) is 81.9. The Kier molecular flexibility index (Phi) is 60.0. The number of unbranched alkanes of at least 4 members (excludes halogenated alkanes) is 3. The molecule has 0 atom stereocenters. The van der Waals surface area contributed by atoms with Gasteiger partial charge in [0, 0.05) is 0 Å². The third kappa shape index (κ3) is 46.2. The highest BCUT2D eigenvalue weighted by Crippen LogP contribution is 2.47. The summed E-state index contributed by atoms with van der Waals surface area (Å²) < 4.78 is 11.3. The molecule has 0 saturated heterocycles. The summed E-state index contributed by atoms with van der Waals surface area (Å²) >= 11 is 0. The molecule has 9 aromatic carbocycles. The Labute approximate surface area is 925 Å². The van der Waals surface area contributed by atoms with E-state index in [1.807, 2.05) is 0 Å². The third-order valence-electron chi connectivity index (χ3n) is 37.8. The summed E-state index contributed by atoms with van der Waals surface area (Å²) in [6.07, 6.45) is 78.6. The molecule has 0 radical (unpaired) electrons. The van der Waals surface area contributed by atoms with Gasteiger partial charge in [-0.1, -0.05) is 425 Å². The normalized spacial score (nSPS) is 25.0. The predicted molar refractivity (Wildman–Crippen MR) is 659 cm³/mol. The van der Waals surface area contributed by atoms with Gasteiger partial charge in [-0.2, -0.15) is 0 Å². The second-order valence-corrected chi connectivity index (χ2v) is 49.7. The first-order valence-electron chi connectivity index (χ1n) is 64.1. The van der Waals surface area contributed by atoms with Gasteiger partial charge in [0.2, 0.25) is 0 Å². The van der Waals surface area contributed by atoms with Crippen LogP contribution in [0.4, 0.5) is 0 Å². The van der Waals surface area contributed by atoms with Crippen LogP contribution in [0.15, 0.2) is 218 Å². The van der Waals surface area contributed by atoms with Crippen molar-refractivity contribution in [3.8, 4) is 11.5 Å². The molecule has 0 heterocycles. The van der Waals surface area contributed by atoms with E-state index in [1.165, 1.54) is 397 Å². The van der Waals surface area contributed by atoms with Crippen LogP contribution in [0, 0.1) is 102 Å². The molecule has 0 aromatic heterocycles. The molecule has 9 aliphatic carbocycles. The van der Waals surface area contributed by atoms with Crippen molar-refractivity contribution in [2.24, 2.45) is 53.3 Å². The van der Waals surface area contributed by atoms with Crippen LogP contribution in [0.3, 0.4) is 0 Å². The fourth-order valence-corrected chi connectivity index (χ4v) is 27.1. The molecule has 9 aliphatic rings. The molecule has 0 aliphatic heterocycles. The van der Waals surface area contributed by atoms with Gasteiger partial charge in [-0.3, -0.25) is 0 Å². The second-order valence-electron chi connectivity index (χ2n) is 49.7. The topological polar surface area (TPSA) is 18.5 Å². The van der Waals surface area contributed by atoms with Crippen LogP contribution >= 0.6 is 0 Å². The molecule has 9 saturated carbocycles. The summed E-state index contributed by atoms with van der Waals surface area (Å²) in [7, 11) is 0. The van der Waals surface area contributed by atoms with E-state index in [4.69, 9.17) is 9.47 Å². The maximum absolute atomic E-state index is 5.66. The maximum Gasteiger partial charge on any atom is 0.119 e. The zero-order chi connectivity index (χ0) is 107. The van der Waals surface area contributed by atoms with Crippen molar-refractivity contribution in [2.75, 3.05) is 13.2 Å². The van der Waals surface area contributed by atoms with E-state index < -0.39 is 0 Å². The molecule has 0 unspecified atom stereocenters. The van der Waals surface area contributed by atoms with Gasteiger partial charge in [0.1, 0.15) is 11.5 Å². The molecule has 18 rings (SSSR count). The van der Waals surface area contributed by atoms with Gasteiger partial charge in [0.25, 0.3) is 0 Å². The first-order valence-corrected chi connectivity index (χ1v) is 64.1. The van der Waals surface area contributed by atoms with E-state index in [9.17, 15) is 0 Å². The van der Waals surface area contributed by atoms with Crippen LogP contribution in [0.2, 0.25) is 0 Å². The predicted octanol–water partition coefficient (Wildman–Crippen LogP) is 46.6. The first-order chi connectivity index (χ1) is 73.2. The van der Waals surface area contributed by atoms with E-state index >= 15 is 0 Å². The Morgan fingerprint density at radius 1 is 0.147 bits per heavy atom. The Hall–Kier alpha value is -7.42. The molecule has 0 amide bonds. The highest BCUT2D eigenvalue weighted by atomic mass is 16.5. The molecular formula is C148H224O2. The fourth-order valence-electron chi connectivity index (χ4n) is 27.1. The molecule has 9 fully saturated rings. The minimum atomic E-state index is 0.785. The number of rotatable bonds is 33. The molecule has 2 nitrogen and oxygen atoms in total. The van der Waals surface area contributed by atoms with Gasteiger partial charge >= 0.3 is 0 Å². The SMILES string of the molecule is CCC1CCC(c2ccc(C)cc2)CC1.CCC1CCC(c2ccc(C)cc2)CC1.CCC1CCC(c2ccc(C)cc2)CC1.CCCC1CCC(c2ccc(C)cc2)CC1.CCCC1CCC(c2ccc(C)cc2)CC1.CCCCC1CCC(c2ccc(C)cc2)CC1.CCCCC1CCC(c2ccc(C)cc2)CC1.CCCCC1CCC(c2ccc(OCCC)cc2)CC1.CCCOc1ccc(C2CCC(CCC)CC2)cc1. The molecule has 828 valence electrons. The summed E-state index contributed by atoms with van der Waals surface area (Å²) in [5.41, 5.74) is 23.7. The first kappa shape index (κ1) is 124. The van der Waals surface area contributed by atoms with Gasteiger partial charge in [-0.25, -0.2) is 0 Å². The van der Waals surface area contributed by atoms with Gasteiger partial charge < -0.3 is 9.47 Å². The highest BCUT2D eigenvalue weighted by molar-refractivity contribution is 5.35. The monoisotopic (exact) mass is 2030 g/mol. The minimum Gasteiger partial charge on any atom is -0.494 e. The number of hydrogen-bond acceptors (Lipinski definition) is 2. The average molecular weight is 2040 g/mol. The van der Waals surface area contributed by atoms with Crippen molar-refractivity contribution in [1.82, 2.24) is 0 Å².